The molecular formula is C27H36N2O7Si. The summed E-state index contributed by atoms with van der Waals surface area (Å²) < 4.78 is 12.1. The summed E-state index contributed by atoms with van der Waals surface area (Å²) in [5.74, 6) is -0.495. The van der Waals surface area contributed by atoms with Crippen LogP contribution in [0.25, 0.3) is 0 Å². The Kier molecular flexibility index (Phi) is 7.51. The lowest BCUT2D eigenvalue weighted by Gasteiger charge is -2.32. The molecule has 2 heterocycles. The molecule has 0 aromatic heterocycles. The molecular weight excluding hydrogens is 492 g/mol. The molecule has 0 radical (unpaired) electrons. The fraction of sp³-hybridized carbons (Fsp3) is 0.481. The van der Waals surface area contributed by atoms with Gasteiger partial charge in [0.05, 0.1) is 25.4 Å². The maximum atomic E-state index is 14.3. The number of rotatable bonds is 8. The maximum absolute atomic E-state index is 14.3. The smallest absolute Gasteiger partial charge is 0.264 e. The highest BCUT2D eigenvalue weighted by atomic mass is 28.4. The van der Waals surface area contributed by atoms with E-state index in [4.69, 9.17) is 9.47 Å². The number of ether oxygens (including phenoxy) is 2. The van der Waals surface area contributed by atoms with Crippen LogP contribution < -0.4 is 15.0 Å². The summed E-state index contributed by atoms with van der Waals surface area (Å²) in [6.45, 7) is 7.15. The Balaban J connectivity index is 1.76. The summed E-state index contributed by atoms with van der Waals surface area (Å²) in [5, 5.41) is 21.9. The van der Waals surface area contributed by atoms with Gasteiger partial charge < -0.3 is 34.7 Å². The Morgan fingerprint density at radius 3 is 2.62 bits per heavy atom. The number of nitrogens with one attached hydrogen (secondary N) is 1. The summed E-state index contributed by atoms with van der Waals surface area (Å²) in [5.41, 5.74) is 1.09. The van der Waals surface area contributed by atoms with Crippen LogP contribution in [0.15, 0.2) is 42.5 Å². The molecule has 10 heteroatoms. The molecule has 200 valence electrons. The molecule has 0 unspecified atom stereocenters. The van der Waals surface area contributed by atoms with Crippen molar-refractivity contribution in [2.45, 2.75) is 63.3 Å². The maximum Gasteiger partial charge on any atom is 0.264 e. The molecule has 4 N–H and O–H groups in total. The van der Waals surface area contributed by atoms with Crippen LogP contribution in [0.3, 0.4) is 0 Å². The third kappa shape index (κ3) is 4.80. The zero-order valence-corrected chi connectivity index (χ0v) is 22.9. The van der Waals surface area contributed by atoms with Gasteiger partial charge in [-0.1, -0.05) is 19.1 Å². The molecule has 2 aromatic rings. The number of fused-ring (bicyclic) bond motifs is 2. The Hall–Kier alpha value is -2.76. The molecule has 2 aliphatic heterocycles. The van der Waals surface area contributed by atoms with Gasteiger partial charge in [0.1, 0.15) is 11.9 Å². The number of benzene rings is 2. The van der Waals surface area contributed by atoms with Crippen molar-refractivity contribution in [2.75, 3.05) is 23.9 Å². The highest BCUT2D eigenvalue weighted by Gasteiger charge is 2.66. The fourth-order valence-electron chi connectivity index (χ4n) is 5.91. The van der Waals surface area contributed by atoms with Crippen molar-refractivity contribution in [3.05, 3.63) is 53.6 Å². The van der Waals surface area contributed by atoms with Crippen LogP contribution in [0.1, 0.15) is 31.4 Å². The van der Waals surface area contributed by atoms with Crippen molar-refractivity contribution < 1.29 is 34.1 Å². The Bertz CT molecular complexity index is 1180. The number of amides is 2. The van der Waals surface area contributed by atoms with Gasteiger partial charge in [0, 0.05) is 29.3 Å². The topological polar surface area (TPSA) is 129 Å². The number of hydrogen-bond donors (Lipinski definition) is 4. The van der Waals surface area contributed by atoms with E-state index in [0.29, 0.717) is 29.1 Å². The van der Waals surface area contributed by atoms with Gasteiger partial charge in [-0.2, -0.15) is 0 Å². The molecule has 2 aliphatic rings. The zero-order chi connectivity index (χ0) is 27.1. The summed E-state index contributed by atoms with van der Waals surface area (Å²) in [6, 6.07) is 12.6. The first-order valence-electron chi connectivity index (χ1n) is 12.5. The SMILES string of the molecule is COc1ccc2c(c1)[C@@]1(O[C@H](CCO)[C@@H]([Si](C)(C)O)[C@@H]1C)C(=O)N2Cc1cccc(NC(=O)[C@H](C)O)c1. The lowest BCUT2D eigenvalue weighted by Crippen LogP contribution is -2.46. The number of anilines is 2. The molecule has 1 spiro atoms. The Morgan fingerprint density at radius 1 is 1.27 bits per heavy atom. The van der Waals surface area contributed by atoms with Gasteiger partial charge in [0.2, 0.25) is 0 Å². The lowest BCUT2D eigenvalue weighted by molar-refractivity contribution is -0.146. The second-order valence-corrected chi connectivity index (χ2v) is 14.5. The monoisotopic (exact) mass is 528 g/mol. The predicted octanol–water partition coefficient (Wildman–Crippen LogP) is 2.74. The van der Waals surface area contributed by atoms with E-state index in [-0.39, 0.29) is 30.5 Å². The summed E-state index contributed by atoms with van der Waals surface area (Å²) in [4.78, 5) is 39.1. The van der Waals surface area contributed by atoms with E-state index in [0.717, 1.165) is 5.56 Å². The third-order valence-electron chi connectivity index (χ3n) is 7.52. The van der Waals surface area contributed by atoms with Crippen molar-refractivity contribution in [3.8, 4) is 5.75 Å². The molecule has 5 atom stereocenters. The molecule has 2 amide bonds. The van der Waals surface area contributed by atoms with Crippen molar-refractivity contribution in [1.29, 1.82) is 0 Å². The number of aliphatic hydroxyl groups is 2. The van der Waals surface area contributed by atoms with Crippen LogP contribution in [0.2, 0.25) is 18.6 Å². The van der Waals surface area contributed by atoms with Gasteiger partial charge in [0.15, 0.2) is 13.9 Å². The standard InChI is InChI=1S/C27H36N2O7Si/c1-16-24(37(4,5)34)23(11-12-30)36-27(16)21-14-20(35-3)9-10-22(21)29(26(27)33)15-18-7-6-8-19(13-18)28-25(32)17(2)31/h6-10,13-14,16-17,23-24,30-31,34H,11-12,15H2,1-5H3,(H,28,32)/t16-,17-,23+,24-,27+/m0/s1. The van der Waals surface area contributed by atoms with Crippen LogP contribution in [0.5, 0.6) is 5.75 Å². The van der Waals surface area contributed by atoms with Gasteiger partial charge >= 0.3 is 0 Å². The normalized spacial score (nSPS) is 25.9. The molecule has 0 aliphatic carbocycles. The van der Waals surface area contributed by atoms with E-state index in [9.17, 15) is 24.6 Å². The average molecular weight is 529 g/mol. The van der Waals surface area contributed by atoms with Crippen molar-refractivity contribution in [1.82, 2.24) is 0 Å². The summed E-state index contributed by atoms with van der Waals surface area (Å²) in [7, 11) is -1.22. The van der Waals surface area contributed by atoms with E-state index in [1.807, 2.05) is 38.2 Å². The second-order valence-electron chi connectivity index (χ2n) is 10.5. The van der Waals surface area contributed by atoms with Crippen molar-refractivity contribution in [3.63, 3.8) is 0 Å². The number of methoxy groups -OCH3 is 1. The minimum atomic E-state index is -2.78. The van der Waals surface area contributed by atoms with E-state index >= 15 is 0 Å². The second kappa shape index (κ2) is 10.2. The van der Waals surface area contributed by atoms with Gasteiger partial charge in [-0.25, -0.2) is 0 Å². The van der Waals surface area contributed by atoms with Crippen LogP contribution in [0, 0.1) is 5.92 Å². The average Bonchev–Trinajstić information content (AvgIpc) is 3.26. The van der Waals surface area contributed by atoms with Gasteiger partial charge in [-0.3, -0.25) is 9.59 Å². The van der Waals surface area contributed by atoms with Crippen LogP contribution in [-0.4, -0.2) is 61.1 Å². The fourth-order valence-corrected chi connectivity index (χ4v) is 8.52. The molecule has 0 saturated carbocycles. The molecule has 37 heavy (non-hydrogen) atoms. The number of carbonyl (C=O) groups is 2. The predicted molar refractivity (Wildman–Crippen MR) is 142 cm³/mol. The van der Waals surface area contributed by atoms with Crippen LogP contribution >= 0.6 is 0 Å². The highest BCUT2D eigenvalue weighted by Crippen LogP contribution is 2.60. The van der Waals surface area contributed by atoms with Gasteiger partial charge in [0.25, 0.3) is 11.8 Å². The first kappa shape index (κ1) is 27.3. The lowest BCUT2D eigenvalue weighted by atomic mass is 9.82. The summed E-state index contributed by atoms with van der Waals surface area (Å²) >= 11 is 0. The molecule has 1 saturated heterocycles. The van der Waals surface area contributed by atoms with E-state index in [1.54, 1.807) is 36.3 Å². The number of aliphatic hydroxyl groups excluding tert-OH is 2. The third-order valence-corrected chi connectivity index (χ3v) is 10.0. The van der Waals surface area contributed by atoms with E-state index in [1.165, 1.54) is 6.92 Å². The van der Waals surface area contributed by atoms with E-state index < -0.39 is 32.0 Å². The number of nitrogens with zero attached hydrogens (tertiary/aromatic N) is 1. The number of hydrogen-bond acceptors (Lipinski definition) is 7. The van der Waals surface area contributed by atoms with Crippen molar-refractivity contribution in [2.24, 2.45) is 5.92 Å². The first-order chi connectivity index (χ1) is 17.4. The van der Waals surface area contributed by atoms with Crippen molar-refractivity contribution >= 4 is 31.5 Å². The first-order valence-corrected chi connectivity index (χ1v) is 15.6. The Labute approximate surface area is 218 Å². The van der Waals surface area contributed by atoms with Gasteiger partial charge in [-0.15, -0.1) is 0 Å². The van der Waals surface area contributed by atoms with Gasteiger partial charge in [-0.05, 0) is 62.3 Å². The van der Waals surface area contributed by atoms with Crippen LogP contribution in [0.4, 0.5) is 11.4 Å². The quantitative estimate of drug-likeness (QED) is 0.388. The molecule has 2 aromatic carbocycles. The molecule has 9 nitrogen and oxygen atoms in total. The molecule has 1 fully saturated rings. The minimum Gasteiger partial charge on any atom is -0.497 e. The largest absolute Gasteiger partial charge is 0.497 e. The highest BCUT2D eigenvalue weighted by molar-refractivity contribution is 6.71. The minimum absolute atomic E-state index is 0.109. The van der Waals surface area contributed by atoms with Crippen LogP contribution in [-0.2, 0) is 26.5 Å². The molecule has 4 rings (SSSR count). The van der Waals surface area contributed by atoms with E-state index in [2.05, 4.69) is 5.32 Å². The number of carbonyl (C=O) groups excluding carboxylic acids is 2. The Morgan fingerprint density at radius 2 is 2.00 bits per heavy atom. The molecule has 0 bridgehead atoms. The zero-order valence-electron chi connectivity index (χ0n) is 21.9. The summed E-state index contributed by atoms with van der Waals surface area (Å²) in [6.07, 6.45) is -1.29.